The first-order chi connectivity index (χ1) is 15.1. The Hall–Kier alpha value is -3.43. The predicted octanol–water partition coefficient (Wildman–Crippen LogP) is 3.97. The van der Waals surface area contributed by atoms with Crippen LogP contribution >= 0.6 is 0 Å². The van der Waals surface area contributed by atoms with Gasteiger partial charge in [-0.3, -0.25) is 4.98 Å². The Morgan fingerprint density at radius 3 is 2.35 bits per heavy atom. The van der Waals surface area contributed by atoms with Gasteiger partial charge in [0.2, 0.25) is 5.82 Å². The smallest absolute Gasteiger partial charge is 0.263 e. The van der Waals surface area contributed by atoms with E-state index in [0.717, 1.165) is 11.3 Å². The number of benzene rings is 2. The molecular weight excluding hydrogens is 418 g/mol. The molecule has 1 atom stereocenters. The van der Waals surface area contributed by atoms with Crippen LogP contribution in [-0.4, -0.2) is 36.0 Å². The average Bonchev–Trinajstić information content (AvgIpc) is 3.21. The maximum absolute atomic E-state index is 13.1. The monoisotopic (exact) mass is 439 g/mol. The van der Waals surface area contributed by atoms with Crippen LogP contribution in [0.2, 0.25) is 0 Å². The number of ether oxygens (including phenoxy) is 3. The lowest BCUT2D eigenvalue weighted by molar-refractivity contribution is 0.373. The van der Waals surface area contributed by atoms with Gasteiger partial charge in [-0.1, -0.05) is 17.3 Å². The van der Waals surface area contributed by atoms with E-state index in [1.807, 2.05) is 30.3 Å². The second-order valence-corrected chi connectivity index (χ2v) is 7.71. The number of nitrogens with one attached hydrogen (secondary N) is 1. The van der Waals surface area contributed by atoms with Crippen molar-refractivity contribution in [3.63, 3.8) is 0 Å². The van der Waals surface area contributed by atoms with Crippen LogP contribution < -0.4 is 18.9 Å². The number of aromatic nitrogens is 2. The molecule has 31 heavy (non-hydrogen) atoms. The van der Waals surface area contributed by atoms with Gasteiger partial charge in [-0.05, 0) is 42.0 Å². The number of anilines is 1. The summed E-state index contributed by atoms with van der Waals surface area (Å²) in [5, 5.41) is 4.66. The molecule has 4 rings (SSSR count). The van der Waals surface area contributed by atoms with Gasteiger partial charge in [-0.2, -0.15) is 4.72 Å². The summed E-state index contributed by atoms with van der Waals surface area (Å²) in [6, 6.07) is 14.7. The van der Waals surface area contributed by atoms with Gasteiger partial charge in [-0.15, -0.1) is 0 Å². The summed E-state index contributed by atoms with van der Waals surface area (Å²) in [6.07, 6.45) is 2.37. The van der Waals surface area contributed by atoms with Gasteiger partial charge in [0.05, 0.1) is 21.3 Å². The Balaban J connectivity index is 1.68. The highest BCUT2D eigenvalue weighted by Crippen LogP contribution is 2.38. The third-order valence-electron chi connectivity index (χ3n) is 4.69. The molecule has 1 N–H and O–H groups in total. The largest absolute Gasteiger partial charge is 0.588 e. The third kappa shape index (κ3) is 4.23. The fourth-order valence-electron chi connectivity index (χ4n) is 3.27. The van der Waals surface area contributed by atoms with Crippen LogP contribution in [0, 0.1) is 0 Å². The summed E-state index contributed by atoms with van der Waals surface area (Å²) >= 11 is -1.73. The normalized spacial score (nSPS) is 11.9. The number of methoxy groups -OCH3 is 3. The minimum atomic E-state index is -1.73. The lowest BCUT2D eigenvalue weighted by Crippen LogP contribution is -2.15. The lowest BCUT2D eigenvalue weighted by atomic mass is 10.1. The van der Waals surface area contributed by atoms with Crippen LogP contribution in [0.5, 0.6) is 17.2 Å². The van der Waals surface area contributed by atoms with E-state index in [2.05, 4.69) is 14.9 Å². The van der Waals surface area contributed by atoms with Crippen molar-refractivity contribution in [3.8, 4) is 17.2 Å². The van der Waals surface area contributed by atoms with Crippen LogP contribution in [0.3, 0.4) is 0 Å². The first-order valence-electron chi connectivity index (χ1n) is 9.40. The van der Waals surface area contributed by atoms with E-state index < -0.39 is 11.4 Å². The third-order valence-corrected chi connectivity index (χ3v) is 5.84. The van der Waals surface area contributed by atoms with Crippen molar-refractivity contribution in [2.75, 3.05) is 26.1 Å². The van der Waals surface area contributed by atoms with Gasteiger partial charge in [0.15, 0.2) is 17.1 Å². The van der Waals surface area contributed by atoms with Crippen molar-refractivity contribution in [2.24, 2.45) is 0 Å². The molecule has 2 aromatic heterocycles. The van der Waals surface area contributed by atoms with Crippen molar-refractivity contribution in [2.45, 2.75) is 11.3 Å². The van der Waals surface area contributed by atoms with Crippen LogP contribution in [0.4, 0.5) is 5.82 Å². The summed E-state index contributed by atoms with van der Waals surface area (Å²) in [4.78, 5) is 4.73. The standard InChI is InChI=1S/C22H21N3O5S/c1-27-16-8-6-9-17(28-2)21(16)31(26)25-22-20-18(29-3)12-14(13-19(20)30-24-22)11-15-7-4-5-10-23-15/h4-10,12-13H,11H2,1-3H3,(H,24,25). The zero-order chi connectivity index (χ0) is 21.8. The zero-order valence-corrected chi connectivity index (χ0v) is 18.1. The predicted molar refractivity (Wildman–Crippen MR) is 117 cm³/mol. The minimum Gasteiger partial charge on any atom is -0.588 e. The van der Waals surface area contributed by atoms with Gasteiger partial charge >= 0.3 is 0 Å². The molecule has 0 saturated carbocycles. The van der Waals surface area contributed by atoms with Gasteiger partial charge in [0.1, 0.15) is 22.5 Å². The quantitative estimate of drug-likeness (QED) is 0.412. The molecule has 0 radical (unpaired) electrons. The van der Waals surface area contributed by atoms with Crippen molar-refractivity contribution >= 4 is 28.1 Å². The molecule has 160 valence electrons. The van der Waals surface area contributed by atoms with Crippen LogP contribution in [0.1, 0.15) is 11.3 Å². The molecule has 2 aromatic carbocycles. The summed E-state index contributed by atoms with van der Waals surface area (Å²) < 4.78 is 37.8. The van der Waals surface area contributed by atoms with Gasteiger partial charge in [0.25, 0.3) is 4.90 Å². The second-order valence-electron chi connectivity index (χ2n) is 6.56. The molecule has 8 nitrogen and oxygen atoms in total. The molecule has 0 amide bonds. The zero-order valence-electron chi connectivity index (χ0n) is 17.2. The Labute approximate surface area is 182 Å². The highest BCUT2D eigenvalue weighted by Gasteiger charge is 2.27. The highest BCUT2D eigenvalue weighted by atomic mass is 32.2. The summed E-state index contributed by atoms with van der Waals surface area (Å²) in [5.41, 5.74) is 2.39. The molecule has 0 bridgehead atoms. The topological polar surface area (TPSA) is 102 Å². The van der Waals surface area contributed by atoms with E-state index in [0.29, 0.717) is 45.4 Å². The lowest BCUT2D eigenvalue weighted by Gasteiger charge is -2.15. The number of nitrogens with zero attached hydrogens (tertiary/aromatic N) is 2. The van der Waals surface area contributed by atoms with Crippen molar-refractivity contribution in [3.05, 3.63) is 66.0 Å². The maximum atomic E-state index is 13.1. The molecule has 0 saturated heterocycles. The minimum absolute atomic E-state index is 0.294. The SMILES string of the molecule is COc1cccc(OC)c1[S+]([O-])Nc1noc2cc(Cc3ccccn3)cc(OC)c12. The first kappa shape index (κ1) is 20.8. The Bertz CT molecular complexity index is 1160. The molecule has 2 heterocycles. The summed E-state index contributed by atoms with van der Waals surface area (Å²) in [7, 11) is 4.58. The summed E-state index contributed by atoms with van der Waals surface area (Å²) in [6.45, 7) is 0. The molecule has 0 aliphatic heterocycles. The molecule has 9 heteroatoms. The number of pyridine rings is 1. The van der Waals surface area contributed by atoms with E-state index in [1.165, 1.54) is 14.2 Å². The van der Waals surface area contributed by atoms with Crippen LogP contribution in [-0.2, 0) is 17.8 Å². The first-order valence-corrected chi connectivity index (χ1v) is 10.5. The van der Waals surface area contributed by atoms with Crippen LogP contribution in [0.25, 0.3) is 11.0 Å². The van der Waals surface area contributed by atoms with E-state index in [9.17, 15) is 4.55 Å². The van der Waals surface area contributed by atoms with Gasteiger partial charge in [-0.25, -0.2) is 0 Å². The average molecular weight is 439 g/mol. The number of fused-ring (bicyclic) bond motifs is 1. The number of hydrogen-bond acceptors (Lipinski definition) is 8. The number of hydrogen-bond donors (Lipinski definition) is 1. The van der Waals surface area contributed by atoms with E-state index in [1.54, 1.807) is 31.5 Å². The van der Waals surface area contributed by atoms with Gasteiger partial charge < -0.3 is 23.3 Å². The highest BCUT2D eigenvalue weighted by molar-refractivity contribution is 7.93. The Morgan fingerprint density at radius 2 is 1.71 bits per heavy atom. The molecule has 0 spiro atoms. The van der Waals surface area contributed by atoms with Crippen molar-refractivity contribution in [1.29, 1.82) is 0 Å². The molecule has 0 aliphatic rings. The van der Waals surface area contributed by atoms with E-state index in [-0.39, 0.29) is 0 Å². The molecule has 0 fully saturated rings. The Morgan fingerprint density at radius 1 is 0.968 bits per heavy atom. The van der Waals surface area contributed by atoms with Crippen LogP contribution in [0.15, 0.2) is 64.1 Å². The fraction of sp³-hybridized carbons (Fsp3) is 0.182. The second kappa shape index (κ2) is 9.15. The van der Waals surface area contributed by atoms with Crippen molar-refractivity contribution < 1.29 is 23.3 Å². The van der Waals surface area contributed by atoms with E-state index >= 15 is 0 Å². The number of rotatable bonds is 8. The molecule has 0 aliphatic carbocycles. The molecule has 4 aromatic rings. The molecule has 1 unspecified atom stereocenters. The summed E-state index contributed by atoms with van der Waals surface area (Å²) in [5.74, 6) is 1.71. The van der Waals surface area contributed by atoms with Crippen molar-refractivity contribution in [1.82, 2.24) is 10.1 Å². The fourth-order valence-corrected chi connectivity index (χ4v) is 4.36. The van der Waals surface area contributed by atoms with Gasteiger partial charge in [0, 0.05) is 18.3 Å². The maximum Gasteiger partial charge on any atom is 0.263 e. The molecular formula is C22H21N3O5S. The Kier molecular flexibility index (Phi) is 6.15. The van der Waals surface area contributed by atoms with E-state index in [4.69, 9.17) is 18.7 Å².